The number of benzene rings is 2. The summed E-state index contributed by atoms with van der Waals surface area (Å²) >= 11 is 9.00. The molecule has 2 aromatic carbocycles. The second-order valence-corrected chi connectivity index (χ2v) is 5.33. The Morgan fingerprint density at radius 1 is 1.29 bits per heavy atom. The van der Waals surface area contributed by atoms with E-state index in [1.807, 2.05) is 0 Å². The fourth-order valence-corrected chi connectivity index (χ4v) is 2.47. The van der Waals surface area contributed by atoms with E-state index in [0.717, 1.165) is 6.07 Å². The van der Waals surface area contributed by atoms with Crippen molar-refractivity contribution < 1.29 is 14.8 Å². The van der Waals surface area contributed by atoms with Gasteiger partial charge in [0.05, 0.1) is 22.2 Å². The molecule has 21 heavy (non-hydrogen) atoms. The second-order valence-electron chi connectivity index (χ2n) is 4.04. The van der Waals surface area contributed by atoms with Crippen molar-refractivity contribution in [1.82, 2.24) is 0 Å². The van der Waals surface area contributed by atoms with Crippen LogP contribution in [0.2, 0.25) is 5.02 Å². The summed E-state index contributed by atoms with van der Waals surface area (Å²) in [6, 6.07) is 8.04. The Kier molecular flexibility index (Phi) is 4.44. The first-order valence-electron chi connectivity index (χ1n) is 5.62. The number of phenols is 1. The van der Waals surface area contributed by atoms with Gasteiger partial charge in [0.15, 0.2) is 0 Å². The number of hydrogen-bond acceptors (Lipinski definition) is 4. The van der Waals surface area contributed by atoms with E-state index >= 15 is 0 Å². The third-order valence-electron chi connectivity index (χ3n) is 2.62. The zero-order valence-electron chi connectivity index (χ0n) is 10.3. The molecule has 0 aliphatic rings. The van der Waals surface area contributed by atoms with E-state index in [1.54, 1.807) is 12.1 Å². The van der Waals surface area contributed by atoms with Gasteiger partial charge in [-0.25, -0.2) is 0 Å². The van der Waals surface area contributed by atoms with E-state index in [4.69, 9.17) is 11.6 Å². The first-order valence-corrected chi connectivity index (χ1v) is 6.79. The molecule has 0 fully saturated rings. The Balaban J connectivity index is 2.25. The molecule has 0 bridgehead atoms. The number of nitrogens with zero attached hydrogens (tertiary/aromatic N) is 1. The van der Waals surface area contributed by atoms with Crippen molar-refractivity contribution in [1.29, 1.82) is 0 Å². The van der Waals surface area contributed by atoms with Crippen LogP contribution in [0.1, 0.15) is 10.4 Å². The highest BCUT2D eigenvalue weighted by Crippen LogP contribution is 2.29. The monoisotopic (exact) mass is 370 g/mol. The number of nitrogens with one attached hydrogen (secondary N) is 1. The molecule has 6 nitrogen and oxygen atoms in total. The number of hydrogen-bond donors (Lipinski definition) is 2. The number of aromatic hydroxyl groups is 1. The molecule has 2 rings (SSSR count). The number of rotatable bonds is 3. The molecule has 0 saturated heterocycles. The van der Waals surface area contributed by atoms with Gasteiger partial charge in [0.2, 0.25) is 0 Å². The SMILES string of the molecule is O=C(Nc1ccc([N+](=O)[O-])cc1O)c1ccc(Cl)cc1Br. The quantitative estimate of drug-likeness (QED) is 0.485. The van der Waals surface area contributed by atoms with Gasteiger partial charge in [-0.05, 0) is 40.2 Å². The van der Waals surface area contributed by atoms with Crippen molar-refractivity contribution in [3.8, 4) is 5.75 Å². The number of amides is 1. The van der Waals surface area contributed by atoms with Crippen LogP contribution >= 0.6 is 27.5 Å². The van der Waals surface area contributed by atoms with Crippen molar-refractivity contribution >= 4 is 44.8 Å². The summed E-state index contributed by atoms with van der Waals surface area (Å²) in [5.74, 6) is -0.870. The predicted octanol–water partition coefficient (Wildman–Crippen LogP) is 3.97. The van der Waals surface area contributed by atoms with Gasteiger partial charge in [-0.15, -0.1) is 0 Å². The molecule has 2 N–H and O–H groups in total. The van der Waals surface area contributed by atoms with Gasteiger partial charge in [-0.1, -0.05) is 11.6 Å². The summed E-state index contributed by atoms with van der Waals surface area (Å²) in [6.45, 7) is 0. The molecule has 0 aromatic heterocycles. The molecule has 0 aliphatic carbocycles. The molecule has 0 saturated carbocycles. The Morgan fingerprint density at radius 3 is 2.57 bits per heavy atom. The van der Waals surface area contributed by atoms with E-state index in [9.17, 15) is 20.0 Å². The number of carbonyl (C=O) groups is 1. The number of nitro groups is 1. The fourth-order valence-electron chi connectivity index (χ4n) is 1.60. The highest BCUT2D eigenvalue weighted by Gasteiger charge is 2.15. The van der Waals surface area contributed by atoms with Gasteiger partial charge >= 0.3 is 0 Å². The summed E-state index contributed by atoms with van der Waals surface area (Å²) in [5.41, 5.74) is 0.128. The summed E-state index contributed by atoms with van der Waals surface area (Å²) in [5, 5.41) is 23.2. The molecule has 0 aliphatic heterocycles. The van der Waals surface area contributed by atoms with Crippen LogP contribution in [-0.2, 0) is 0 Å². The van der Waals surface area contributed by atoms with Crippen LogP contribution in [-0.4, -0.2) is 15.9 Å². The number of carbonyl (C=O) groups excluding carboxylic acids is 1. The molecule has 8 heteroatoms. The largest absolute Gasteiger partial charge is 0.506 e. The maximum absolute atomic E-state index is 12.1. The average Bonchev–Trinajstić information content (AvgIpc) is 2.40. The second kappa shape index (κ2) is 6.11. The van der Waals surface area contributed by atoms with E-state index in [1.165, 1.54) is 18.2 Å². The molecule has 0 heterocycles. The van der Waals surface area contributed by atoms with Gasteiger partial charge in [-0.3, -0.25) is 14.9 Å². The molecule has 0 unspecified atom stereocenters. The fraction of sp³-hybridized carbons (Fsp3) is 0. The summed E-state index contributed by atoms with van der Waals surface area (Å²) in [4.78, 5) is 22.0. The molecule has 0 atom stereocenters. The molecule has 0 spiro atoms. The van der Waals surface area contributed by atoms with Crippen LogP contribution in [0.4, 0.5) is 11.4 Å². The zero-order chi connectivity index (χ0) is 15.6. The summed E-state index contributed by atoms with van der Waals surface area (Å²) < 4.78 is 0.494. The minimum Gasteiger partial charge on any atom is -0.506 e. The van der Waals surface area contributed by atoms with Gasteiger partial charge in [0, 0.05) is 15.6 Å². The standard InChI is InChI=1S/C13H8BrClN2O4/c14-10-5-7(15)1-3-9(10)13(19)16-11-4-2-8(17(20)21)6-12(11)18/h1-6,18H,(H,16,19). The van der Waals surface area contributed by atoms with Gasteiger partial charge in [0.25, 0.3) is 11.6 Å². The lowest BCUT2D eigenvalue weighted by Crippen LogP contribution is -2.12. The Hall–Kier alpha value is -2.12. The van der Waals surface area contributed by atoms with Crippen LogP contribution in [0.5, 0.6) is 5.75 Å². The number of phenolic OH excluding ortho intramolecular Hbond substituents is 1. The van der Waals surface area contributed by atoms with Gasteiger partial charge < -0.3 is 10.4 Å². The van der Waals surface area contributed by atoms with Crippen LogP contribution < -0.4 is 5.32 Å². The molecular weight excluding hydrogens is 364 g/mol. The van der Waals surface area contributed by atoms with Crippen LogP contribution in [0.3, 0.4) is 0 Å². The zero-order valence-corrected chi connectivity index (χ0v) is 12.7. The van der Waals surface area contributed by atoms with E-state index < -0.39 is 10.8 Å². The van der Waals surface area contributed by atoms with Crippen molar-refractivity contribution in [3.05, 3.63) is 61.6 Å². The van der Waals surface area contributed by atoms with Crippen LogP contribution in [0.25, 0.3) is 0 Å². The maximum Gasteiger partial charge on any atom is 0.273 e. The van der Waals surface area contributed by atoms with Crippen molar-refractivity contribution in [3.63, 3.8) is 0 Å². The Labute approximate surface area is 132 Å². The maximum atomic E-state index is 12.1. The topological polar surface area (TPSA) is 92.5 Å². The minimum atomic E-state index is -0.638. The lowest BCUT2D eigenvalue weighted by molar-refractivity contribution is -0.384. The Morgan fingerprint density at radius 2 is 2.00 bits per heavy atom. The van der Waals surface area contributed by atoms with Crippen molar-refractivity contribution in [2.75, 3.05) is 5.32 Å². The number of anilines is 1. The summed E-state index contributed by atoms with van der Waals surface area (Å²) in [7, 11) is 0. The highest BCUT2D eigenvalue weighted by molar-refractivity contribution is 9.10. The van der Waals surface area contributed by atoms with E-state index in [0.29, 0.717) is 15.1 Å². The Bertz CT molecular complexity index is 736. The van der Waals surface area contributed by atoms with E-state index in [2.05, 4.69) is 21.2 Å². The first kappa shape index (κ1) is 15.3. The van der Waals surface area contributed by atoms with Crippen molar-refractivity contribution in [2.45, 2.75) is 0 Å². The molecular formula is C13H8BrClN2O4. The molecule has 108 valence electrons. The summed E-state index contributed by atoms with van der Waals surface area (Å²) in [6.07, 6.45) is 0. The average molecular weight is 372 g/mol. The molecule has 2 aromatic rings. The van der Waals surface area contributed by atoms with Gasteiger partial charge in [-0.2, -0.15) is 0 Å². The van der Waals surface area contributed by atoms with Gasteiger partial charge in [0.1, 0.15) is 5.75 Å². The third kappa shape index (κ3) is 3.50. The molecule has 0 radical (unpaired) electrons. The third-order valence-corrected chi connectivity index (χ3v) is 3.51. The number of nitro benzene ring substituents is 1. The number of halogens is 2. The lowest BCUT2D eigenvalue weighted by Gasteiger charge is -2.08. The van der Waals surface area contributed by atoms with Crippen molar-refractivity contribution in [2.24, 2.45) is 0 Å². The predicted molar refractivity (Wildman–Crippen MR) is 81.9 cm³/mol. The highest BCUT2D eigenvalue weighted by atomic mass is 79.9. The van der Waals surface area contributed by atoms with E-state index in [-0.39, 0.29) is 17.1 Å². The lowest BCUT2D eigenvalue weighted by atomic mass is 10.2. The smallest absolute Gasteiger partial charge is 0.273 e. The normalized spacial score (nSPS) is 10.2. The number of non-ortho nitro benzene ring substituents is 1. The molecule has 1 amide bonds. The van der Waals surface area contributed by atoms with Crippen LogP contribution in [0.15, 0.2) is 40.9 Å². The minimum absolute atomic E-state index is 0.0763. The first-order chi connectivity index (χ1) is 9.88. The van der Waals surface area contributed by atoms with Crippen LogP contribution in [0, 0.1) is 10.1 Å².